The lowest BCUT2D eigenvalue weighted by Crippen LogP contribution is -2.18. The number of hydrogen-bond acceptors (Lipinski definition) is 2. The van der Waals surface area contributed by atoms with Crippen molar-refractivity contribution in [2.75, 3.05) is 6.54 Å². The molecule has 0 spiro atoms. The maximum Gasteiger partial charge on any atom is 0.0821 e. The minimum atomic E-state index is 0.421. The van der Waals surface area contributed by atoms with Gasteiger partial charge in [-0.25, -0.2) is 0 Å². The molecule has 110 valence electrons. The molecule has 0 aliphatic rings. The standard InChI is InChI=1S/C16H26N4/c1-13(2)9-17-10-15-5-7-19(11-15)12-16-6-8-20(18-16)14(3)4/h5-8,11,13-14,17H,9-10,12H2,1-4H3. The summed E-state index contributed by atoms with van der Waals surface area (Å²) in [6, 6.07) is 4.69. The van der Waals surface area contributed by atoms with E-state index >= 15 is 0 Å². The van der Waals surface area contributed by atoms with Crippen LogP contribution in [0.4, 0.5) is 0 Å². The summed E-state index contributed by atoms with van der Waals surface area (Å²) < 4.78 is 4.20. The molecule has 1 N–H and O–H groups in total. The van der Waals surface area contributed by atoms with Gasteiger partial charge in [0, 0.05) is 31.2 Å². The SMILES string of the molecule is CC(C)CNCc1ccn(Cc2ccn(C(C)C)n2)c1. The van der Waals surface area contributed by atoms with Crippen molar-refractivity contribution in [2.24, 2.45) is 5.92 Å². The molecular weight excluding hydrogens is 248 g/mol. The van der Waals surface area contributed by atoms with Gasteiger partial charge >= 0.3 is 0 Å². The van der Waals surface area contributed by atoms with Crippen LogP contribution < -0.4 is 5.32 Å². The Hall–Kier alpha value is -1.55. The maximum absolute atomic E-state index is 4.58. The molecule has 0 aromatic carbocycles. The van der Waals surface area contributed by atoms with Gasteiger partial charge in [0.05, 0.1) is 12.2 Å². The van der Waals surface area contributed by atoms with E-state index in [4.69, 9.17) is 0 Å². The van der Waals surface area contributed by atoms with Crippen molar-refractivity contribution in [3.05, 3.63) is 42.0 Å². The first-order chi connectivity index (χ1) is 9.54. The van der Waals surface area contributed by atoms with Gasteiger partial charge in [-0.3, -0.25) is 4.68 Å². The van der Waals surface area contributed by atoms with Gasteiger partial charge in [0.15, 0.2) is 0 Å². The average molecular weight is 274 g/mol. The van der Waals surface area contributed by atoms with Crippen LogP contribution in [0.5, 0.6) is 0 Å². The molecule has 0 aliphatic carbocycles. The number of nitrogens with zero attached hydrogens (tertiary/aromatic N) is 3. The Morgan fingerprint density at radius 3 is 2.60 bits per heavy atom. The van der Waals surface area contributed by atoms with E-state index in [1.807, 2.05) is 4.68 Å². The zero-order valence-corrected chi connectivity index (χ0v) is 13.0. The summed E-state index contributed by atoms with van der Waals surface area (Å²) in [7, 11) is 0. The van der Waals surface area contributed by atoms with E-state index in [-0.39, 0.29) is 0 Å². The Labute approximate surface area is 121 Å². The molecule has 0 unspecified atom stereocenters. The summed E-state index contributed by atoms with van der Waals surface area (Å²) in [5.41, 5.74) is 2.44. The van der Waals surface area contributed by atoms with Crippen LogP contribution in [-0.2, 0) is 13.1 Å². The van der Waals surface area contributed by atoms with Crippen LogP contribution in [0.2, 0.25) is 0 Å². The highest BCUT2D eigenvalue weighted by molar-refractivity contribution is 5.12. The number of aromatic nitrogens is 3. The fourth-order valence-corrected chi connectivity index (χ4v) is 2.14. The van der Waals surface area contributed by atoms with E-state index in [1.165, 1.54) is 5.56 Å². The van der Waals surface area contributed by atoms with Gasteiger partial charge in [-0.1, -0.05) is 13.8 Å². The van der Waals surface area contributed by atoms with Crippen molar-refractivity contribution < 1.29 is 0 Å². The van der Waals surface area contributed by atoms with Gasteiger partial charge in [0.25, 0.3) is 0 Å². The third-order valence-electron chi connectivity index (χ3n) is 3.23. The van der Waals surface area contributed by atoms with E-state index in [0.29, 0.717) is 12.0 Å². The molecule has 20 heavy (non-hydrogen) atoms. The van der Waals surface area contributed by atoms with E-state index in [0.717, 1.165) is 25.3 Å². The summed E-state index contributed by atoms with van der Waals surface area (Å²) in [4.78, 5) is 0. The Kier molecular flexibility index (Phi) is 5.01. The fraction of sp³-hybridized carbons (Fsp3) is 0.562. The van der Waals surface area contributed by atoms with Crippen LogP contribution in [0.3, 0.4) is 0 Å². The van der Waals surface area contributed by atoms with E-state index in [1.54, 1.807) is 0 Å². The largest absolute Gasteiger partial charge is 0.348 e. The van der Waals surface area contributed by atoms with Crippen LogP contribution in [0.25, 0.3) is 0 Å². The topological polar surface area (TPSA) is 34.8 Å². The zero-order valence-electron chi connectivity index (χ0n) is 13.0. The first kappa shape index (κ1) is 14.9. The van der Waals surface area contributed by atoms with Gasteiger partial charge in [-0.05, 0) is 44.0 Å². The molecule has 0 amide bonds. The lowest BCUT2D eigenvalue weighted by atomic mass is 10.2. The Balaban J connectivity index is 1.88. The van der Waals surface area contributed by atoms with Crippen molar-refractivity contribution in [1.82, 2.24) is 19.7 Å². The molecule has 0 radical (unpaired) electrons. The van der Waals surface area contributed by atoms with Crippen LogP contribution in [0.15, 0.2) is 30.7 Å². The molecule has 0 saturated carbocycles. The van der Waals surface area contributed by atoms with Gasteiger partial charge < -0.3 is 9.88 Å². The molecule has 0 aliphatic heterocycles. The van der Waals surface area contributed by atoms with Crippen LogP contribution in [0, 0.1) is 5.92 Å². The number of hydrogen-bond donors (Lipinski definition) is 1. The first-order valence-electron chi connectivity index (χ1n) is 7.44. The monoisotopic (exact) mass is 274 g/mol. The van der Waals surface area contributed by atoms with E-state index in [9.17, 15) is 0 Å². The zero-order chi connectivity index (χ0) is 14.5. The maximum atomic E-state index is 4.58. The second-order valence-corrected chi connectivity index (χ2v) is 6.10. The highest BCUT2D eigenvalue weighted by Gasteiger charge is 2.03. The molecule has 2 aromatic rings. The van der Waals surface area contributed by atoms with Crippen molar-refractivity contribution in [3.8, 4) is 0 Å². The number of nitrogens with one attached hydrogen (secondary N) is 1. The minimum Gasteiger partial charge on any atom is -0.348 e. The molecule has 2 rings (SSSR count). The Morgan fingerprint density at radius 2 is 1.95 bits per heavy atom. The molecule has 2 heterocycles. The van der Waals surface area contributed by atoms with Gasteiger partial charge in [0.2, 0.25) is 0 Å². The van der Waals surface area contributed by atoms with Gasteiger partial charge in [0.1, 0.15) is 0 Å². The number of rotatable bonds is 7. The van der Waals surface area contributed by atoms with Gasteiger partial charge in [-0.15, -0.1) is 0 Å². The highest BCUT2D eigenvalue weighted by atomic mass is 15.3. The molecule has 0 fully saturated rings. The van der Waals surface area contributed by atoms with Crippen molar-refractivity contribution in [1.29, 1.82) is 0 Å². The molecule has 0 saturated heterocycles. The van der Waals surface area contributed by atoms with E-state index < -0.39 is 0 Å². The molecular formula is C16H26N4. The van der Waals surface area contributed by atoms with Crippen molar-refractivity contribution >= 4 is 0 Å². The molecule has 4 nitrogen and oxygen atoms in total. The predicted molar refractivity (Wildman–Crippen MR) is 82.7 cm³/mol. The summed E-state index contributed by atoms with van der Waals surface area (Å²) in [5, 5.41) is 8.04. The van der Waals surface area contributed by atoms with Crippen molar-refractivity contribution in [3.63, 3.8) is 0 Å². The third kappa shape index (κ3) is 4.23. The van der Waals surface area contributed by atoms with Crippen LogP contribution in [-0.4, -0.2) is 20.9 Å². The molecule has 4 heteroatoms. The first-order valence-corrected chi connectivity index (χ1v) is 7.44. The summed E-state index contributed by atoms with van der Waals surface area (Å²) in [6.07, 6.45) is 6.37. The highest BCUT2D eigenvalue weighted by Crippen LogP contribution is 2.08. The summed E-state index contributed by atoms with van der Waals surface area (Å²) in [6.45, 7) is 11.6. The lowest BCUT2D eigenvalue weighted by Gasteiger charge is -2.06. The fourth-order valence-electron chi connectivity index (χ4n) is 2.14. The Bertz CT molecular complexity index is 522. The second kappa shape index (κ2) is 6.75. The molecule has 0 atom stereocenters. The second-order valence-electron chi connectivity index (χ2n) is 6.10. The third-order valence-corrected chi connectivity index (χ3v) is 3.23. The minimum absolute atomic E-state index is 0.421. The predicted octanol–water partition coefficient (Wildman–Crippen LogP) is 3.06. The van der Waals surface area contributed by atoms with E-state index in [2.05, 4.69) is 73.4 Å². The average Bonchev–Trinajstić information content (AvgIpc) is 2.99. The van der Waals surface area contributed by atoms with Gasteiger partial charge in [-0.2, -0.15) is 5.10 Å². The summed E-state index contributed by atoms with van der Waals surface area (Å²) in [5.74, 6) is 0.692. The van der Waals surface area contributed by atoms with Crippen LogP contribution in [0.1, 0.15) is 45.0 Å². The molecule has 2 aromatic heterocycles. The van der Waals surface area contributed by atoms with Crippen LogP contribution >= 0.6 is 0 Å². The Morgan fingerprint density at radius 1 is 1.15 bits per heavy atom. The molecule has 0 bridgehead atoms. The smallest absolute Gasteiger partial charge is 0.0821 e. The quantitative estimate of drug-likeness (QED) is 0.842. The normalized spacial score (nSPS) is 11.7. The summed E-state index contributed by atoms with van der Waals surface area (Å²) >= 11 is 0. The lowest BCUT2D eigenvalue weighted by molar-refractivity contribution is 0.523. The van der Waals surface area contributed by atoms with Crippen molar-refractivity contribution in [2.45, 2.75) is 46.8 Å².